The van der Waals surface area contributed by atoms with Crippen molar-refractivity contribution in [2.75, 3.05) is 17.1 Å². The third-order valence-electron chi connectivity index (χ3n) is 5.32. The quantitative estimate of drug-likeness (QED) is 0.500. The molecule has 1 atom stereocenters. The van der Waals surface area contributed by atoms with Crippen molar-refractivity contribution in [1.29, 1.82) is 0 Å². The van der Waals surface area contributed by atoms with Crippen LogP contribution in [-0.4, -0.2) is 49.5 Å². The molecule has 0 unspecified atom stereocenters. The summed E-state index contributed by atoms with van der Waals surface area (Å²) in [7, 11) is -3.79. The maximum atomic E-state index is 13.6. The number of hydrogen-bond acceptors (Lipinski definition) is 4. The van der Waals surface area contributed by atoms with E-state index in [0.717, 1.165) is 16.1 Å². The summed E-state index contributed by atoms with van der Waals surface area (Å²) in [5.41, 5.74) is 1.37. The van der Waals surface area contributed by atoms with Gasteiger partial charge in [-0.05, 0) is 63.4 Å². The normalized spacial score (nSPS) is 12.7. The van der Waals surface area contributed by atoms with Gasteiger partial charge in [0.2, 0.25) is 21.8 Å². The maximum Gasteiger partial charge on any atom is 0.244 e. The van der Waals surface area contributed by atoms with Gasteiger partial charge in [0.25, 0.3) is 0 Å². The van der Waals surface area contributed by atoms with Crippen molar-refractivity contribution in [2.45, 2.75) is 59.2 Å². The summed E-state index contributed by atoms with van der Waals surface area (Å²) < 4.78 is 26.6. The molecule has 0 aromatic heterocycles. The summed E-state index contributed by atoms with van der Waals surface area (Å²) >= 11 is 12.2. The van der Waals surface area contributed by atoms with Crippen LogP contribution in [0, 0.1) is 0 Å². The number of nitrogens with one attached hydrogen (secondary N) is 1. The molecule has 0 radical (unpaired) electrons. The van der Waals surface area contributed by atoms with Crippen LogP contribution in [0.4, 0.5) is 5.69 Å². The number of hydrogen-bond donors (Lipinski definition) is 1. The van der Waals surface area contributed by atoms with E-state index < -0.39 is 34.1 Å². The molecule has 0 saturated carbocycles. The highest BCUT2D eigenvalue weighted by Crippen LogP contribution is 2.26. The van der Waals surface area contributed by atoms with E-state index in [1.54, 1.807) is 37.3 Å². The van der Waals surface area contributed by atoms with Crippen molar-refractivity contribution in [3.63, 3.8) is 0 Å². The summed E-state index contributed by atoms with van der Waals surface area (Å²) in [6.45, 7) is 8.64. The van der Waals surface area contributed by atoms with Crippen LogP contribution < -0.4 is 9.62 Å². The van der Waals surface area contributed by atoms with Gasteiger partial charge in [-0.15, -0.1) is 0 Å². The first-order valence-electron chi connectivity index (χ1n) is 11.2. The summed E-state index contributed by atoms with van der Waals surface area (Å²) in [5, 5.41) is 3.57. The van der Waals surface area contributed by atoms with Crippen LogP contribution in [0.1, 0.15) is 45.7 Å². The van der Waals surface area contributed by atoms with E-state index in [1.807, 2.05) is 39.8 Å². The van der Waals surface area contributed by atoms with Gasteiger partial charge in [0.1, 0.15) is 12.6 Å². The smallest absolute Gasteiger partial charge is 0.244 e. The number of amides is 2. The molecule has 0 spiro atoms. The number of sulfonamides is 1. The SMILES string of the molecule is CCc1ccccc1N(CC(=O)N(Cc1ccc(Cl)c(Cl)c1)[C@@H](C)C(=O)NC(C)(C)C)S(C)(=O)=O. The zero-order valence-corrected chi connectivity index (χ0v) is 23.3. The highest BCUT2D eigenvalue weighted by atomic mass is 35.5. The van der Waals surface area contributed by atoms with Gasteiger partial charge in [0, 0.05) is 12.1 Å². The van der Waals surface area contributed by atoms with Gasteiger partial charge in [0.05, 0.1) is 22.0 Å². The second-order valence-corrected chi connectivity index (χ2v) is 12.2. The third-order valence-corrected chi connectivity index (χ3v) is 7.19. The fourth-order valence-corrected chi connectivity index (χ4v) is 4.74. The number of nitrogens with zero attached hydrogens (tertiary/aromatic N) is 2. The lowest BCUT2D eigenvalue weighted by atomic mass is 10.1. The van der Waals surface area contributed by atoms with E-state index in [4.69, 9.17) is 23.2 Å². The van der Waals surface area contributed by atoms with Crippen LogP contribution in [0.2, 0.25) is 10.0 Å². The Balaban J connectivity index is 2.47. The third kappa shape index (κ3) is 8.12. The van der Waals surface area contributed by atoms with Gasteiger partial charge >= 0.3 is 0 Å². The Hall–Kier alpha value is -2.29. The fraction of sp³-hybridized carbons (Fsp3) is 0.440. The lowest BCUT2D eigenvalue weighted by molar-refractivity contribution is -0.140. The van der Waals surface area contributed by atoms with Crippen LogP contribution >= 0.6 is 23.2 Å². The molecule has 35 heavy (non-hydrogen) atoms. The van der Waals surface area contributed by atoms with E-state index in [9.17, 15) is 18.0 Å². The van der Waals surface area contributed by atoms with Crippen LogP contribution in [-0.2, 0) is 32.6 Å². The lowest BCUT2D eigenvalue weighted by Crippen LogP contribution is -2.54. The van der Waals surface area contributed by atoms with E-state index in [1.165, 1.54) is 4.90 Å². The highest BCUT2D eigenvalue weighted by molar-refractivity contribution is 7.92. The predicted molar refractivity (Wildman–Crippen MR) is 142 cm³/mol. The Morgan fingerprint density at radius 3 is 2.23 bits per heavy atom. The lowest BCUT2D eigenvalue weighted by Gasteiger charge is -2.33. The molecule has 0 aliphatic rings. The topological polar surface area (TPSA) is 86.8 Å². The van der Waals surface area contributed by atoms with E-state index in [2.05, 4.69) is 5.32 Å². The molecule has 0 fully saturated rings. The molecule has 0 aliphatic carbocycles. The largest absolute Gasteiger partial charge is 0.350 e. The van der Waals surface area contributed by atoms with Crippen molar-refractivity contribution in [1.82, 2.24) is 10.2 Å². The molecule has 0 bridgehead atoms. The number of aryl methyl sites for hydroxylation is 1. The molecule has 0 saturated heterocycles. The number of para-hydroxylation sites is 1. The first-order valence-corrected chi connectivity index (χ1v) is 13.9. The van der Waals surface area contributed by atoms with Crippen LogP contribution in [0.15, 0.2) is 42.5 Å². The molecule has 2 amide bonds. The van der Waals surface area contributed by atoms with Crippen molar-refractivity contribution in [2.24, 2.45) is 0 Å². The van der Waals surface area contributed by atoms with Crippen LogP contribution in [0.5, 0.6) is 0 Å². The highest BCUT2D eigenvalue weighted by Gasteiger charge is 2.32. The van der Waals surface area contributed by atoms with E-state index >= 15 is 0 Å². The average molecular weight is 543 g/mol. The van der Waals surface area contributed by atoms with Crippen LogP contribution in [0.25, 0.3) is 0 Å². The zero-order chi connectivity index (χ0) is 26.6. The minimum Gasteiger partial charge on any atom is -0.350 e. The number of carbonyl (C=O) groups excluding carboxylic acids is 2. The van der Waals surface area contributed by atoms with E-state index in [-0.39, 0.29) is 12.5 Å². The average Bonchev–Trinajstić information content (AvgIpc) is 2.75. The van der Waals surface area contributed by atoms with Gasteiger partial charge < -0.3 is 10.2 Å². The minimum absolute atomic E-state index is 0.0431. The van der Waals surface area contributed by atoms with Gasteiger partial charge in [0.15, 0.2) is 0 Å². The van der Waals surface area contributed by atoms with E-state index in [0.29, 0.717) is 27.7 Å². The molecule has 2 aromatic rings. The Kier molecular flexibility index (Phi) is 9.62. The molecular formula is C25H33Cl2N3O4S. The van der Waals surface area contributed by atoms with Crippen molar-refractivity contribution in [3.05, 3.63) is 63.6 Å². The molecule has 1 N–H and O–H groups in total. The number of halogens is 2. The molecule has 2 aromatic carbocycles. The van der Waals surface area contributed by atoms with Gasteiger partial charge in [-0.25, -0.2) is 8.42 Å². The minimum atomic E-state index is -3.79. The second kappa shape index (κ2) is 11.6. The molecule has 2 rings (SSSR count). The zero-order valence-electron chi connectivity index (χ0n) is 20.9. The summed E-state index contributed by atoms with van der Waals surface area (Å²) in [6, 6.07) is 11.1. The van der Waals surface area contributed by atoms with Gasteiger partial charge in [-0.1, -0.05) is 54.4 Å². The monoisotopic (exact) mass is 541 g/mol. The summed E-state index contributed by atoms with van der Waals surface area (Å²) in [4.78, 5) is 28.0. The fourth-order valence-electron chi connectivity index (χ4n) is 3.54. The number of carbonyl (C=O) groups is 2. The summed E-state index contributed by atoms with van der Waals surface area (Å²) in [5.74, 6) is -0.880. The predicted octanol–water partition coefficient (Wildman–Crippen LogP) is 4.65. The molecule has 192 valence electrons. The number of benzene rings is 2. The Bertz CT molecular complexity index is 1180. The Labute approximate surface area is 218 Å². The van der Waals surface area contributed by atoms with Gasteiger partial charge in [-0.2, -0.15) is 0 Å². The van der Waals surface area contributed by atoms with Crippen LogP contribution in [0.3, 0.4) is 0 Å². The Morgan fingerprint density at radius 1 is 1.06 bits per heavy atom. The molecule has 7 nitrogen and oxygen atoms in total. The molecule has 0 heterocycles. The Morgan fingerprint density at radius 2 is 1.69 bits per heavy atom. The number of anilines is 1. The first-order chi connectivity index (χ1) is 16.1. The van der Waals surface area contributed by atoms with Crippen molar-refractivity contribution in [3.8, 4) is 0 Å². The molecule has 10 heteroatoms. The van der Waals surface area contributed by atoms with Gasteiger partial charge in [-0.3, -0.25) is 13.9 Å². The summed E-state index contributed by atoms with van der Waals surface area (Å²) in [6.07, 6.45) is 1.65. The standard InChI is InChI=1S/C25H33Cl2N3O4S/c1-7-19-10-8-9-11-22(19)30(35(6,33)34)16-23(31)29(17(2)24(32)28-25(3,4)5)15-18-12-13-20(26)21(27)14-18/h8-14,17H,7,15-16H2,1-6H3,(H,28,32)/t17-/m0/s1. The molecular weight excluding hydrogens is 509 g/mol. The maximum absolute atomic E-state index is 13.6. The van der Waals surface area contributed by atoms with Crippen molar-refractivity contribution >= 4 is 50.7 Å². The number of rotatable bonds is 9. The molecule has 0 aliphatic heterocycles. The first kappa shape index (κ1) is 28.9. The second-order valence-electron chi connectivity index (χ2n) is 9.44. The van der Waals surface area contributed by atoms with Crippen molar-refractivity contribution < 1.29 is 18.0 Å².